The quantitative estimate of drug-likeness (QED) is 0.602. The Morgan fingerprint density at radius 2 is 1.67 bits per heavy atom. The summed E-state index contributed by atoms with van der Waals surface area (Å²) in [5.41, 5.74) is -1.32. The first kappa shape index (κ1) is 23.5. The summed E-state index contributed by atoms with van der Waals surface area (Å²) in [7, 11) is 3.66. The second kappa shape index (κ2) is 10.3. The normalized spacial score (nSPS) is 18.1. The van der Waals surface area contributed by atoms with Crippen LogP contribution in [0.3, 0.4) is 0 Å². The largest absolute Gasteiger partial charge is 0.492 e. The van der Waals surface area contributed by atoms with Crippen LogP contribution in [-0.4, -0.2) is 78.9 Å². The van der Waals surface area contributed by atoms with Gasteiger partial charge in [-0.1, -0.05) is 11.6 Å². The Kier molecular flexibility index (Phi) is 8.08. The highest BCUT2D eigenvalue weighted by atomic mass is 35.5. The third-order valence-corrected chi connectivity index (χ3v) is 4.40. The van der Waals surface area contributed by atoms with Crippen molar-refractivity contribution in [3.05, 3.63) is 41.4 Å². The molecule has 0 aromatic heterocycles. The minimum Gasteiger partial charge on any atom is -0.492 e. The highest BCUT2D eigenvalue weighted by molar-refractivity contribution is 6.30. The van der Waals surface area contributed by atoms with Crippen LogP contribution in [0.4, 0.5) is 4.79 Å². The molecule has 1 aromatic carbocycles. The number of nitrogens with zero attached hydrogens (tertiary/aromatic N) is 3. The van der Waals surface area contributed by atoms with Gasteiger partial charge in [0, 0.05) is 23.7 Å². The van der Waals surface area contributed by atoms with E-state index in [-0.39, 0.29) is 19.7 Å². The summed E-state index contributed by atoms with van der Waals surface area (Å²) in [5.74, 6) is -1.05. The van der Waals surface area contributed by atoms with Crippen molar-refractivity contribution in [1.82, 2.24) is 14.9 Å². The first-order valence-corrected chi connectivity index (χ1v) is 9.71. The standard InChI is InChI=1S/C20H26ClN3O6/c1-20(2)23(13-14-28-16-7-5-15(21)6-8-16)19(27)24(12-11-22(3)4)30-18(26)10-9-17(25)29-20/h5-10H,11-14H2,1-4H3/b10-9-. The molecule has 10 heteroatoms. The molecule has 0 unspecified atom stereocenters. The molecule has 9 nitrogen and oxygen atoms in total. The zero-order valence-electron chi connectivity index (χ0n) is 17.5. The first-order valence-electron chi connectivity index (χ1n) is 9.34. The van der Waals surface area contributed by atoms with Crippen molar-refractivity contribution in [2.45, 2.75) is 19.6 Å². The molecule has 1 heterocycles. The second-order valence-electron chi connectivity index (χ2n) is 7.25. The van der Waals surface area contributed by atoms with E-state index in [4.69, 9.17) is 25.9 Å². The smallest absolute Gasteiger partial charge is 0.356 e. The zero-order valence-corrected chi connectivity index (χ0v) is 18.2. The molecule has 0 saturated carbocycles. The van der Waals surface area contributed by atoms with Gasteiger partial charge in [-0.25, -0.2) is 14.4 Å². The Balaban J connectivity index is 2.21. The second-order valence-corrected chi connectivity index (χ2v) is 7.69. The molecular weight excluding hydrogens is 414 g/mol. The SMILES string of the molecule is CN(C)CCN1OC(=O)/C=C\C(=O)OC(C)(C)N(CCOc2ccc(Cl)cc2)C1=O. The Hall–Kier alpha value is -2.78. The Bertz CT molecular complexity index is 794. The highest BCUT2D eigenvalue weighted by Crippen LogP contribution is 2.21. The number of esters is 1. The lowest BCUT2D eigenvalue weighted by atomic mass is 10.2. The number of halogens is 1. The Labute approximate surface area is 180 Å². The van der Waals surface area contributed by atoms with Crippen LogP contribution in [0, 0.1) is 0 Å². The van der Waals surface area contributed by atoms with Crippen LogP contribution in [0.5, 0.6) is 5.75 Å². The van der Waals surface area contributed by atoms with E-state index in [1.54, 1.807) is 38.1 Å². The van der Waals surface area contributed by atoms with Gasteiger partial charge in [0.15, 0.2) is 5.72 Å². The highest BCUT2D eigenvalue weighted by Gasteiger charge is 2.38. The summed E-state index contributed by atoms with van der Waals surface area (Å²) in [5, 5.41) is 1.53. The number of carbonyl (C=O) groups is 3. The maximum atomic E-state index is 13.2. The van der Waals surface area contributed by atoms with Crippen molar-refractivity contribution >= 4 is 29.6 Å². The van der Waals surface area contributed by atoms with Gasteiger partial charge in [-0.15, -0.1) is 0 Å². The molecule has 2 rings (SSSR count). The molecule has 0 aliphatic carbocycles. The van der Waals surface area contributed by atoms with Gasteiger partial charge < -0.3 is 19.2 Å². The van der Waals surface area contributed by atoms with Gasteiger partial charge in [0.1, 0.15) is 12.4 Å². The fraction of sp³-hybridized carbons (Fsp3) is 0.450. The third kappa shape index (κ3) is 6.93. The van der Waals surface area contributed by atoms with E-state index >= 15 is 0 Å². The average molecular weight is 440 g/mol. The topological polar surface area (TPSA) is 88.6 Å². The molecule has 30 heavy (non-hydrogen) atoms. The van der Waals surface area contributed by atoms with Crippen LogP contribution in [-0.2, 0) is 19.2 Å². The molecule has 0 fully saturated rings. The lowest BCUT2D eigenvalue weighted by Gasteiger charge is -2.39. The minimum atomic E-state index is -1.32. The fourth-order valence-corrected chi connectivity index (χ4v) is 2.72. The summed E-state index contributed by atoms with van der Waals surface area (Å²) in [6.45, 7) is 3.92. The van der Waals surface area contributed by atoms with Crippen molar-refractivity contribution in [3.63, 3.8) is 0 Å². The predicted octanol–water partition coefficient (Wildman–Crippen LogP) is 2.31. The van der Waals surface area contributed by atoms with E-state index in [0.717, 1.165) is 17.2 Å². The number of urea groups is 1. The first-order chi connectivity index (χ1) is 14.1. The van der Waals surface area contributed by atoms with Gasteiger partial charge in [0.25, 0.3) is 0 Å². The van der Waals surface area contributed by atoms with E-state index in [2.05, 4.69) is 0 Å². The number of benzene rings is 1. The Morgan fingerprint density at radius 1 is 1.03 bits per heavy atom. The maximum Gasteiger partial charge on any atom is 0.356 e. The number of carbonyl (C=O) groups excluding carboxylic acids is 3. The van der Waals surface area contributed by atoms with Crippen molar-refractivity contribution in [3.8, 4) is 5.75 Å². The summed E-state index contributed by atoms with van der Waals surface area (Å²) >= 11 is 5.87. The Morgan fingerprint density at radius 3 is 2.30 bits per heavy atom. The molecular formula is C20H26ClN3O6. The number of rotatable bonds is 7. The molecule has 0 atom stereocenters. The number of hydroxylamine groups is 2. The molecule has 0 N–H and O–H groups in total. The van der Waals surface area contributed by atoms with E-state index in [1.807, 2.05) is 19.0 Å². The van der Waals surface area contributed by atoms with Gasteiger partial charge in [-0.3, -0.25) is 4.90 Å². The fourth-order valence-electron chi connectivity index (χ4n) is 2.60. The van der Waals surface area contributed by atoms with Crippen molar-refractivity contribution in [2.75, 3.05) is 40.3 Å². The van der Waals surface area contributed by atoms with Gasteiger partial charge in [0.05, 0.1) is 13.1 Å². The van der Waals surface area contributed by atoms with E-state index in [0.29, 0.717) is 17.3 Å². The lowest BCUT2D eigenvalue weighted by molar-refractivity contribution is -0.187. The van der Waals surface area contributed by atoms with E-state index < -0.39 is 23.7 Å². The molecule has 0 spiro atoms. The number of amides is 2. The molecule has 1 aliphatic heterocycles. The molecule has 164 valence electrons. The molecule has 0 bridgehead atoms. The van der Waals surface area contributed by atoms with E-state index in [9.17, 15) is 14.4 Å². The van der Waals surface area contributed by atoms with Gasteiger partial charge in [0.2, 0.25) is 0 Å². The molecule has 0 radical (unpaired) electrons. The van der Waals surface area contributed by atoms with Crippen LogP contribution in [0.25, 0.3) is 0 Å². The molecule has 1 aliphatic rings. The van der Waals surface area contributed by atoms with Crippen LogP contribution < -0.4 is 4.74 Å². The van der Waals surface area contributed by atoms with E-state index in [1.165, 1.54) is 4.90 Å². The van der Waals surface area contributed by atoms with Crippen LogP contribution >= 0.6 is 11.6 Å². The minimum absolute atomic E-state index is 0.0709. The average Bonchev–Trinajstić information content (AvgIpc) is 2.66. The number of ether oxygens (including phenoxy) is 2. The maximum absolute atomic E-state index is 13.2. The number of hydrogen-bond donors (Lipinski definition) is 0. The molecule has 0 saturated heterocycles. The third-order valence-electron chi connectivity index (χ3n) is 4.15. The summed E-state index contributed by atoms with van der Waals surface area (Å²) in [6.07, 6.45) is 1.89. The number of cyclic esters (lactones) is 1. The predicted molar refractivity (Wildman–Crippen MR) is 110 cm³/mol. The summed E-state index contributed by atoms with van der Waals surface area (Å²) in [4.78, 5) is 45.5. The molecule has 2 amide bonds. The number of hydrogen-bond acceptors (Lipinski definition) is 7. The van der Waals surface area contributed by atoms with Crippen LogP contribution in [0.2, 0.25) is 5.02 Å². The van der Waals surface area contributed by atoms with Crippen LogP contribution in [0.15, 0.2) is 36.4 Å². The van der Waals surface area contributed by atoms with Crippen molar-refractivity contribution in [1.29, 1.82) is 0 Å². The summed E-state index contributed by atoms with van der Waals surface area (Å²) in [6, 6.07) is 6.15. The summed E-state index contributed by atoms with van der Waals surface area (Å²) < 4.78 is 11.1. The molecule has 1 aromatic rings. The van der Waals surface area contributed by atoms with Crippen LogP contribution in [0.1, 0.15) is 13.8 Å². The van der Waals surface area contributed by atoms with Crippen molar-refractivity contribution in [2.24, 2.45) is 0 Å². The van der Waals surface area contributed by atoms with Gasteiger partial charge >= 0.3 is 18.0 Å². The lowest BCUT2D eigenvalue weighted by Crippen LogP contribution is -2.57. The van der Waals surface area contributed by atoms with Crippen molar-refractivity contribution < 1.29 is 28.7 Å². The van der Waals surface area contributed by atoms with Gasteiger partial charge in [-0.05, 0) is 52.2 Å². The monoisotopic (exact) mass is 439 g/mol. The van der Waals surface area contributed by atoms with Gasteiger partial charge in [-0.2, -0.15) is 5.06 Å². The number of likely N-dealkylation sites (N-methyl/N-ethyl adjacent to an activating group) is 1. The zero-order chi connectivity index (χ0) is 22.3.